The van der Waals surface area contributed by atoms with E-state index in [-0.39, 0.29) is 24.7 Å². The molecule has 0 atom stereocenters. The third-order valence-electron chi connectivity index (χ3n) is 6.55. The highest BCUT2D eigenvalue weighted by Gasteiger charge is 2.22. The largest absolute Gasteiger partial charge is 0.466 e. The average Bonchev–Trinajstić information content (AvgIpc) is 2.87. The van der Waals surface area contributed by atoms with Crippen molar-refractivity contribution in [3.05, 3.63) is 23.8 Å². The van der Waals surface area contributed by atoms with E-state index >= 15 is 0 Å². The van der Waals surface area contributed by atoms with Crippen molar-refractivity contribution in [3.63, 3.8) is 0 Å². The number of morpholine rings is 1. The molecule has 0 bridgehead atoms. The van der Waals surface area contributed by atoms with Gasteiger partial charge in [-0.25, -0.2) is 0 Å². The number of esters is 1. The molecule has 0 radical (unpaired) electrons. The first-order valence-corrected chi connectivity index (χ1v) is 12.9. The molecule has 9 heteroatoms. The van der Waals surface area contributed by atoms with E-state index in [2.05, 4.69) is 27.4 Å². The highest BCUT2D eigenvalue weighted by atomic mass is 16.5. The number of anilines is 2. The Bertz CT molecular complexity index is 848. The predicted octanol–water partition coefficient (Wildman–Crippen LogP) is 2.66. The maximum absolute atomic E-state index is 13.2. The zero-order chi connectivity index (χ0) is 25.0. The molecular weight excluding hydrogens is 448 g/mol. The van der Waals surface area contributed by atoms with Crippen LogP contribution >= 0.6 is 0 Å². The minimum atomic E-state index is -0.394. The Labute approximate surface area is 208 Å². The lowest BCUT2D eigenvalue weighted by Crippen LogP contribution is -2.38. The molecule has 0 saturated carbocycles. The SMILES string of the molecule is CCOC(=O)CCC(=O)Nc1ccc(N2CCC(C)CC2)c(C(=O)NCCCN2CCOCC2)c1. The van der Waals surface area contributed by atoms with E-state index in [1.54, 1.807) is 13.0 Å². The third-order valence-corrected chi connectivity index (χ3v) is 6.55. The molecule has 3 rings (SSSR count). The Morgan fingerprint density at radius 1 is 1.09 bits per heavy atom. The van der Waals surface area contributed by atoms with Gasteiger partial charge in [0.15, 0.2) is 0 Å². The van der Waals surface area contributed by atoms with Crippen molar-refractivity contribution in [1.82, 2.24) is 10.2 Å². The molecule has 2 aliphatic rings. The summed E-state index contributed by atoms with van der Waals surface area (Å²) in [5.74, 6) is -0.131. The number of ether oxygens (including phenoxy) is 2. The minimum absolute atomic E-state index is 0.0280. The van der Waals surface area contributed by atoms with Crippen molar-refractivity contribution in [2.24, 2.45) is 5.92 Å². The fraction of sp³-hybridized carbons (Fsp3) is 0.654. The second-order valence-electron chi connectivity index (χ2n) is 9.32. The van der Waals surface area contributed by atoms with E-state index < -0.39 is 5.97 Å². The number of carbonyl (C=O) groups is 3. The monoisotopic (exact) mass is 488 g/mol. The number of carbonyl (C=O) groups excluding carboxylic acids is 3. The number of nitrogens with zero attached hydrogens (tertiary/aromatic N) is 2. The van der Waals surface area contributed by atoms with Crippen LogP contribution in [0.2, 0.25) is 0 Å². The van der Waals surface area contributed by atoms with E-state index in [1.165, 1.54) is 0 Å². The lowest BCUT2D eigenvalue weighted by atomic mass is 9.97. The van der Waals surface area contributed by atoms with E-state index in [9.17, 15) is 14.4 Å². The first kappa shape index (κ1) is 26.9. The standard InChI is InChI=1S/C26H40N4O5/c1-3-35-25(32)8-7-24(31)28-21-5-6-23(30-13-9-20(2)10-14-30)22(19-21)26(33)27-11-4-12-29-15-17-34-18-16-29/h5-6,19-20H,3-4,7-18H2,1-2H3,(H,27,33)(H,28,31). The fourth-order valence-electron chi connectivity index (χ4n) is 4.42. The minimum Gasteiger partial charge on any atom is -0.466 e. The van der Waals surface area contributed by atoms with Crippen LogP contribution in [0.15, 0.2) is 18.2 Å². The number of nitrogens with one attached hydrogen (secondary N) is 2. The van der Waals surface area contributed by atoms with E-state index in [0.717, 1.165) is 70.9 Å². The third kappa shape index (κ3) is 8.81. The van der Waals surface area contributed by atoms with Gasteiger partial charge in [-0.15, -0.1) is 0 Å². The highest BCUT2D eigenvalue weighted by Crippen LogP contribution is 2.29. The Balaban J connectivity index is 1.62. The van der Waals surface area contributed by atoms with Gasteiger partial charge in [0.25, 0.3) is 5.91 Å². The molecule has 2 saturated heterocycles. The van der Waals surface area contributed by atoms with Crippen molar-refractivity contribution < 1.29 is 23.9 Å². The Hall–Kier alpha value is -2.65. The van der Waals surface area contributed by atoms with Crippen molar-refractivity contribution >= 4 is 29.2 Å². The van der Waals surface area contributed by atoms with Gasteiger partial charge in [-0.1, -0.05) is 6.92 Å². The van der Waals surface area contributed by atoms with Gasteiger partial charge in [0.05, 0.1) is 31.8 Å². The predicted molar refractivity (Wildman–Crippen MR) is 136 cm³/mol. The van der Waals surface area contributed by atoms with Gasteiger partial charge >= 0.3 is 5.97 Å². The number of rotatable bonds is 11. The molecule has 0 aromatic heterocycles. The van der Waals surface area contributed by atoms with E-state index in [1.807, 2.05) is 12.1 Å². The zero-order valence-corrected chi connectivity index (χ0v) is 21.1. The molecule has 0 aliphatic carbocycles. The topological polar surface area (TPSA) is 100 Å². The molecule has 2 amide bonds. The lowest BCUT2D eigenvalue weighted by molar-refractivity contribution is -0.144. The Kier molecular flexibility index (Phi) is 10.8. The van der Waals surface area contributed by atoms with Gasteiger partial charge in [0, 0.05) is 50.5 Å². The van der Waals surface area contributed by atoms with Gasteiger partial charge in [-0.3, -0.25) is 19.3 Å². The van der Waals surface area contributed by atoms with Crippen LogP contribution in [-0.4, -0.2) is 81.8 Å². The molecule has 2 aliphatic heterocycles. The second kappa shape index (κ2) is 14.0. The number of hydrogen-bond donors (Lipinski definition) is 2. The molecule has 1 aromatic rings. The van der Waals surface area contributed by atoms with Crippen LogP contribution in [0.3, 0.4) is 0 Å². The molecule has 2 N–H and O–H groups in total. The molecule has 35 heavy (non-hydrogen) atoms. The second-order valence-corrected chi connectivity index (χ2v) is 9.32. The quantitative estimate of drug-likeness (QED) is 0.365. The van der Waals surface area contributed by atoms with Crippen LogP contribution in [0.5, 0.6) is 0 Å². The van der Waals surface area contributed by atoms with Crippen LogP contribution in [0, 0.1) is 5.92 Å². The summed E-state index contributed by atoms with van der Waals surface area (Å²) in [6.07, 6.45) is 3.11. The summed E-state index contributed by atoms with van der Waals surface area (Å²) in [5.41, 5.74) is 2.01. The van der Waals surface area contributed by atoms with Crippen LogP contribution in [0.25, 0.3) is 0 Å². The molecular formula is C26H40N4O5. The van der Waals surface area contributed by atoms with Gasteiger partial charge in [0.1, 0.15) is 0 Å². The first-order valence-electron chi connectivity index (χ1n) is 12.9. The maximum Gasteiger partial charge on any atom is 0.306 e. The Morgan fingerprint density at radius 3 is 2.54 bits per heavy atom. The van der Waals surface area contributed by atoms with Crippen molar-refractivity contribution in [2.75, 3.05) is 69.3 Å². The molecule has 2 heterocycles. The number of benzene rings is 1. The molecule has 2 fully saturated rings. The molecule has 0 spiro atoms. The first-order chi connectivity index (χ1) is 17.0. The van der Waals surface area contributed by atoms with E-state index in [4.69, 9.17) is 9.47 Å². The number of amides is 2. The smallest absolute Gasteiger partial charge is 0.306 e. The zero-order valence-electron chi connectivity index (χ0n) is 21.1. The van der Waals surface area contributed by atoms with E-state index in [0.29, 0.717) is 30.3 Å². The van der Waals surface area contributed by atoms with Gasteiger partial charge < -0.3 is 25.0 Å². The van der Waals surface area contributed by atoms with Crippen LogP contribution < -0.4 is 15.5 Å². The summed E-state index contributed by atoms with van der Waals surface area (Å²) >= 11 is 0. The summed E-state index contributed by atoms with van der Waals surface area (Å²) in [6, 6.07) is 5.48. The van der Waals surface area contributed by atoms with Crippen molar-refractivity contribution in [1.29, 1.82) is 0 Å². The molecule has 1 aromatic carbocycles. The van der Waals surface area contributed by atoms with Crippen LogP contribution in [-0.2, 0) is 19.1 Å². The average molecular weight is 489 g/mol. The van der Waals surface area contributed by atoms with Gasteiger partial charge in [-0.05, 0) is 56.8 Å². The summed E-state index contributed by atoms with van der Waals surface area (Å²) in [6.45, 7) is 11.0. The van der Waals surface area contributed by atoms with Crippen molar-refractivity contribution in [3.8, 4) is 0 Å². The number of piperidine rings is 1. The number of hydrogen-bond acceptors (Lipinski definition) is 7. The highest BCUT2D eigenvalue weighted by molar-refractivity contribution is 6.02. The summed E-state index contributed by atoms with van der Waals surface area (Å²) in [5, 5.41) is 5.88. The molecule has 0 unspecified atom stereocenters. The fourth-order valence-corrected chi connectivity index (χ4v) is 4.42. The summed E-state index contributed by atoms with van der Waals surface area (Å²) in [7, 11) is 0. The van der Waals surface area contributed by atoms with Gasteiger partial charge in [-0.2, -0.15) is 0 Å². The molecule has 9 nitrogen and oxygen atoms in total. The lowest BCUT2D eigenvalue weighted by Gasteiger charge is -2.33. The van der Waals surface area contributed by atoms with Crippen molar-refractivity contribution in [2.45, 2.75) is 46.0 Å². The van der Waals surface area contributed by atoms with Gasteiger partial charge in [0.2, 0.25) is 5.91 Å². The van der Waals surface area contributed by atoms with Crippen LogP contribution in [0.4, 0.5) is 11.4 Å². The Morgan fingerprint density at radius 2 is 1.83 bits per heavy atom. The summed E-state index contributed by atoms with van der Waals surface area (Å²) < 4.78 is 10.3. The summed E-state index contributed by atoms with van der Waals surface area (Å²) in [4.78, 5) is 41.7. The molecule has 194 valence electrons. The maximum atomic E-state index is 13.2. The normalized spacial score (nSPS) is 17.1. The van der Waals surface area contributed by atoms with Crippen LogP contribution in [0.1, 0.15) is 56.3 Å².